The van der Waals surface area contributed by atoms with Crippen LogP contribution in [0.4, 0.5) is 0 Å². The Morgan fingerprint density at radius 3 is 2.71 bits per heavy atom. The van der Waals surface area contributed by atoms with E-state index < -0.39 is 0 Å². The summed E-state index contributed by atoms with van der Waals surface area (Å²) >= 11 is 0. The third-order valence-corrected chi connectivity index (χ3v) is 6.80. The summed E-state index contributed by atoms with van der Waals surface area (Å²) in [6.07, 6.45) is 6.85. The molecule has 1 saturated heterocycles. The molecule has 5 rings (SSSR count). The van der Waals surface area contributed by atoms with Crippen molar-refractivity contribution in [3.63, 3.8) is 0 Å². The summed E-state index contributed by atoms with van der Waals surface area (Å²) in [5, 5.41) is 10.2. The van der Waals surface area contributed by atoms with Crippen molar-refractivity contribution in [1.29, 1.82) is 0 Å². The van der Waals surface area contributed by atoms with Crippen molar-refractivity contribution in [2.24, 2.45) is 5.41 Å². The zero-order valence-electron chi connectivity index (χ0n) is 16.6. The van der Waals surface area contributed by atoms with E-state index in [0.717, 1.165) is 42.0 Å². The summed E-state index contributed by atoms with van der Waals surface area (Å²) < 4.78 is 2.17. The Labute approximate surface area is 163 Å². The van der Waals surface area contributed by atoms with Gasteiger partial charge in [-0.05, 0) is 26.7 Å². The molecule has 148 valence electrons. The van der Waals surface area contributed by atoms with Crippen molar-refractivity contribution in [2.45, 2.75) is 58.0 Å². The van der Waals surface area contributed by atoms with E-state index in [1.165, 1.54) is 0 Å². The molecule has 8 heteroatoms. The Bertz CT molecular complexity index is 944. The summed E-state index contributed by atoms with van der Waals surface area (Å²) in [7, 11) is 0. The molecule has 1 atom stereocenters. The summed E-state index contributed by atoms with van der Waals surface area (Å²) in [5.41, 5.74) is 2.47. The third kappa shape index (κ3) is 2.50. The van der Waals surface area contributed by atoms with Gasteiger partial charge in [-0.15, -0.1) is 0 Å². The number of aromatic nitrogens is 4. The molecule has 2 aromatic rings. The van der Waals surface area contributed by atoms with Gasteiger partial charge in [0.15, 0.2) is 0 Å². The number of aryl methyl sites for hydroxylation is 2. The van der Waals surface area contributed by atoms with Gasteiger partial charge >= 0.3 is 0 Å². The first kappa shape index (κ1) is 17.5. The van der Waals surface area contributed by atoms with Gasteiger partial charge in [-0.3, -0.25) is 14.7 Å². The minimum absolute atomic E-state index is 0.0260. The van der Waals surface area contributed by atoms with Crippen molar-refractivity contribution in [3.8, 4) is 0 Å². The zero-order chi connectivity index (χ0) is 19.7. The number of imidazole rings is 1. The Balaban J connectivity index is 1.28. The zero-order valence-corrected chi connectivity index (χ0v) is 16.6. The maximum atomic E-state index is 12.7. The number of amides is 2. The first-order chi connectivity index (χ1) is 13.3. The number of carbonyl (C=O) groups is 2. The highest BCUT2D eigenvalue weighted by Gasteiger charge is 2.57. The minimum Gasteiger partial charge on any atom is -0.346 e. The quantitative estimate of drug-likeness (QED) is 0.835. The van der Waals surface area contributed by atoms with Crippen molar-refractivity contribution < 1.29 is 9.59 Å². The highest BCUT2D eigenvalue weighted by Crippen LogP contribution is 2.51. The van der Waals surface area contributed by atoms with Gasteiger partial charge in [0.2, 0.25) is 11.8 Å². The van der Waals surface area contributed by atoms with Crippen molar-refractivity contribution >= 4 is 11.8 Å². The SMILES string of the molecule is Cc1n[nH]c(C)c1CC(=O)NC1CC2(CN(C(=O)C3(C)CC3)C2)n2ccnc21. The van der Waals surface area contributed by atoms with E-state index in [0.29, 0.717) is 19.5 Å². The third-order valence-electron chi connectivity index (χ3n) is 6.80. The largest absolute Gasteiger partial charge is 0.346 e. The molecular formula is C20H26N6O2. The average molecular weight is 382 g/mol. The van der Waals surface area contributed by atoms with Gasteiger partial charge in [0.05, 0.1) is 23.7 Å². The van der Waals surface area contributed by atoms with Crippen LogP contribution >= 0.6 is 0 Å². The molecule has 2 aliphatic heterocycles. The number of likely N-dealkylation sites (tertiary alicyclic amines) is 1. The standard InChI is InChI=1S/C20H26N6O2/c1-12-14(13(2)24-23-12)8-16(27)22-15-9-20(26-7-6-21-17(15)26)10-25(11-20)18(28)19(3)4-5-19/h6-7,15H,4-5,8-11H2,1-3H3,(H,22,27)(H,23,24). The summed E-state index contributed by atoms with van der Waals surface area (Å²) in [5.74, 6) is 1.14. The molecule has 2 N–H and O–H groups in total. The van der Waals surface area contributed by atoms with E-state index in [2.05, 4.69) is 32.0 Å². The highest BCUT2D eigenvalue weighted by molar-refractivity contribution is 5.86. The van der Waals surface area contributed by atoms with Crippen molar-refractivity contribution in [2.75, 3.05) is 13.1 Å². The molecule has 0 aromatic carbocycles. The molecular weight excluding hydrogens is 356 g/mol. The van der Waals surface area contributed by atoms with Gasteiger partial charge < -0.3 is 14.8 Å². The van der Waals surface area contributed by atoms with Crippen molar-refractivity contribution in [1.82, 2.24) is 30.0 Å². The molecule has 8 nitrogen and oxygen atoms in total. The fourth-order valence-electron chi connectivity index (χ4n) is 4.77. The molecule has 0 radical (unpaired) electrons. The van der Waals surface area contributed by atoms with Gasteiger partial charge in [-0.25, -0.2) is 4.98 Å². The van der Waals surface area contributed by atoms with E-state index in [4.69, 9.17) is 0 Å². The first-order valence-electron chi connectivity index (χ1n) is 9.94. The van der Waals surface area contributed by atoms with E-state index in [9.17, 15) is 9.59 Å². The number of H-pyrrole nitrogens is 1. The molecule has 1 aliphatic carbocycles. The van der Waals surface area contributed by atoms with Crippen LogP contribution in [-0.4, -0.2) is 49.6 Å². The van der Waals surface area contributed by atoms with E-state index in [1.54, 1.807) is 6.20 Å². The monoisotopic (exact) mass is 382 g/mol. The molecule has 4 heterocycles. The maximum Gasteiger partial charge on any atom is 0.228 e. The normalized spacial score (nSPS) is 23.4. The predicted molar refractivity (Wildman–Crippen MR) is 101 cm³/mol. The van der Waals surface area contributed by atoms with Gasteiger partial charge in [0.1, 0.15) is 5.82 Å². The van der Waals surface area contributed by atoms with Crippen LogP contribution in [0.2, 0.25) is 0 Å². The lowest BCUT2D eigenvalue weighted by Gasteiger charge is -2.50. The molecule has 1 unspecified atom stereocenters. The smallest absolute Gasteiger partial charge is 0.228 e. The lowest BCUT2D eigenvalue weighted by molar-refractivity contribution is -0.147. The molecule has 3 aliphatic rings. The van der Waals surface area contributed by atoms with Crippen LogP contribution in [0, 0.1) is 19.3 Å². The van der Waals surface area contributed by atoms with Crippen LogP contribution in [-0.2, 0) is 21.5 Å². The van der Waals surface area contributed by atoms with Crippen LogP contribution < -0.4 is 5.32 Å². The Hall–Kier alpha value is -2.64. The van der Waals surface area contributed by atoms with Gasteiger partial charge in [-0.2, -0.15) is 5.10 Å². The predicted octanol–water partition coefficient (Wildman–Crippen LogP) is 1.36. The van der Waals surface area contributed by atoms with Gasteiger partial charge in [-0.1, -0.05) is 6.92 Å². The minimum atomic E-state index is -0.133. The summed E-state index contributed by atoms with van der Waals surface area (Å²) in [4.78, 5) is 31.8. The number of hydrogen-bond donors (Lipinski definition) is 2. The fourth-order valence-corrected chi connectivity index (χ4v) is 4.77. The molecule has 2 fully saturated rings. The van der Waals surface area contributed by atoms with E-state index >= 15 is 0 Å². The van der Waals surface area contributed by atoms with Crippen molar-refractivity contribution in [3.05, 3.63) is 35.2 Å². The molecule has 2 amide bonds. The number of carbonyl (C=O) groups excluding carboxylic acids is 2. The van der Waals surface area contributed by atoms with Crippen LogP contribution in [0.15, 0.2) is 12.4 Å². The van der Waals surface area contributed by atoms with Gasteiger partial charge in [0.25, 0.3) is 0 Å². The number of hydrogen-bond acceptors (Lipinski definition) is 4. The second-order valence-corrected chi connectivity index (χ2v) is 9.02. The first-order valence-corrected chi connectivity index (χ1v) is 9.94. The van der Waals surface area contributed by atoms with Gasteiger partial charge in [0, 0.05) is 48.6 Å². The number of aromatic amines is 1. The number of nitrogens with one attached hydrogen (secondary N) is 2. The topological polar surface area (TPSA) is 95.9 Å². The molecule has 1 spiro atoms. The second kappa shape index (κ2) is 5.68. The van der Waals surface area contributed by atoms with E-state index in [1.807, 2.05) is 24.9 Å². The average Bonchev–Trinajstić information content (AvgIpc) is 2.96. The molecule has 28 heavy (non-hydrogen) atoms. The van der Waals surface area contributed by atoms with Crippen LogP contribution in [0.1, 0.15) is 55.0 Å². The molecule has 1 saturated carbocycles. The fraction of sp³-hybridized carbons (Fsp3) is 0.600. The Morgan fingerprint density at radius 1 is 1.32 bits per heavy atom. The summed E-state index contributed by atoms with van der Waals surface area (Å²) in [6.45, 7) is 7.30. The second-order valence-electron chi connectivity index (χ2n) is 9.02. The maximum absolute atomic E-state index is 12.7. The highest BCUT2D eigenvalue weighted by atomic mass is 16.2. The molecule has 2 aromatic heterocycles. The number of nitrogens with zero attached hydrogens (tertiary/aromatic N) is 4. The Morgan fingerprint density at radius 2 is 2.07 bits per heavy atom. The van der Waals surface area contributed by atoms with E-state index in [-0.39, 0.29) is 28.8 Å². The summed E-state index contributed by atoms with van der Waals surface area (Å²) in [6, 6.07) is -0.122. The van der Waals surface area contributed by atoms with Crippen LogP contribution in [0.3, 0.4) is 0 Å². The molecule has 0 bridgehead atoms. The number of rotatable bonds is 4. The lowest BCUT2D eigenvalue weighted by atomic mass is 9.84. The lowest BCUT2D eigenvalue weighted by Crippen LogP contribution is -2.64. The number of fused-ring (bicyclic) bond motifs is 2. The Kier molecular flexibility index (Phi) is 3.54. The van der Waals surface area contributed by atoms with Crippen LogP contribution in [0.5, 0.6) is 0 Å². The van der Waals surface area contributed by atoms with Crippen LogP contribution in [0.25, 0.3) is 0 Å².